The molecule has 24 heavy (non-hydrogen) atoms. The van der Waals surface area contributed by atoms with E-state index in [1.54, 1.807) is 0 Å². The number of likely N-dealkylation sites (N-methyl/N-ethyl adjacent to an activating group) is 1. The van der Waals surface area contributed by atoms with Crippen LogP contribution in [0.25, 0.3) is 10.9 Å². The van der Waals surface area contributed by atoms with Crippen molar-refractivity contribution >= 4 is 10.9 Å². The Labute approximate surface area is 143 Å². The second-order valence-electron chi connectivity index (χ2n) is 6.60. The molecule has 1 aliphatic rings. The third-order valence-corrected chi connectivity index (χ3v) is 4.91. The van der Waals surface area contributed by atoms with Crippen LogP contribution in [-0.2, 0) is 19.5 Å². The van der Waals surface area contributed by atoms with Crippen LogP contribution in [-0.4, -0.2) is 29.7 Å². The van der Waals surface area contributed by atoms with Crippen molar-refractivity contribution in [3.8, 4) is 5.75 Å². The average Bonchev–Trinajstić information content (AvgIpc) is 2.89. The molecule has 0 bridgehead atoms. The zero-order valence-corrected chi connectivity index (χ0v) is 14.5. The topological polar surface area (TPSA) is 17.4 Å². The smallest absolute Gasteiger partial charge is 0.120 e. The van der Waals surface area contributed by atoms with Gasteiger partial charge < -0.3 is 14.2 Å². The van der Waals surface area contributed by atoms with Crippen LogP contribution < -0.4 is 4.74 Å². The summed E-state index contributed by atoms with van der Waals surface area (Å²) in [4.78, 5) is 2.40. The molecule has 2 aromatic carbocycles. The fourth-order valence-electron chi connectivity index (χ4n) is 3.77. The number of rotatable bonds is 4. The Balaban J connectivity index is 1.86. The van der Waals surface area contributed by atoms with E-state index in [0.29, 0.717) is 6.61 Å². The van der Waals surface area contributed by atoms with Crippen LogP contribution in [0.2, 0.25) is 0 Å². The monoisotopic (exact) mass is 320 g/mol. The molecule has 0 atom stereocenters. The fourth-order valence-corrected chi connectivity index (χ4v) is 3.77. The maximum atomic E-state index is 5.74. The Bertz CT molecular complexity index is 851. The predicted octanol–water partition coefficient (Wildman–Crippen LogP) is 4.08. The van der Waals surface area contributed by atoms with Crippen LogP contribution in [0, 0.1) is 0 Å². The summed E-state index contributed by atoms with van der Waals surface area (Å²) in [6.45, 7) is 5.82. The molecule has 3 aromatic rings. The van der Waals surface area contributed by atoms with Crippen LogP contribution in [0.15, 0.2) is 48.5 Å². The van der Waals surface area contributed by atoms with Gasteiger partial charge in [-0.1, -0.05) is 30.3 Å². The number of nitrogens with zero attached hydrogens (tertiary/aromatic N) is 2. The first-order valence-corrected chi connectivity index (χ1v) is 8.75. The number of hydrogen-bond donors (Lipinski definition) is 0. The zero-order chi connectivity index (χ0) is 16.5. The predicted molar refractivity (Wildman–Crippen MR) is 98.7 cm³/mol. The highest BCUT2D eigenvalue weighted by atomic mass is 16.5. The molecular weight excluding hydrogens is 296 g/mol. The van der Waals surface area contributed by atoms with Gasteiger partial charge >= 0.3 is 0 Å². The highest BCUT2D eigenvalue weighted by molar-refractivity contribution is 5.87. The highest BCUT2D eigenvalue weighted by Gasteiger charge is 2.22. The normalized spacial score (nSPS) is 14.8. The van der Waals surface area contributed by atoms with Gasteiger partial charge in [0.1, 0.15) is 5.75 Å². The summed E-state index contributed by atoms with van der Waals surface area (Å²) in [5, 5.41) is 1.35. The second-order valence-corrected chi connectivity index (χ2v) is 6.60. The van der Waals surface area contributed by atoms with E-state index in [9.17, 15) is 0 Å². The minimum Gasteiger partial charge on any atom is -0.494 e. The van der Waals surface area contributed by atoms with Crippen LogP contribution >= 0.6 is 0 Å². The molecule has 124 valence electrons. The van der Waals surface area contributed by atoms with Crippen molar-refractivity contribution in [1.29, 1.82) is 0 Å². The van der Waals surface area contributed by atoms with Gasteiger partial charge in [0.05, 0.1) is 6.61 Å². The first-order valence-electron chi connectivity index (χ1n) is 8.75. The summed E-state index contributed by atoms with van der Waals surface area (Å²) in [7, 11) is 2.20. The second kappa shape index (κ2) is 6.33. The molecule has 1 aliphatic heterocycles. The van der Waals surface area contributed by atoms with Crippen molar-refractivity contribution in [1.82, 2.24) is 9.47 Å². The van der Waals surface area contributed by atoms with Crippen molar-refractivity contribution in [2.45, 2.75) is 26.4 Å². The third-order valence-electron chi connectivity index (χ3n) is 4.91. The molecule has 3 heteroatoms. The van der Waals surface area contributed by atoms with Crippen LogP contribution in [0.3, 0.4) is 0 Å². The molecule has 0 N–H and O–H groups in total. The lowest BCUT2D eigenvalue weighted by Gasteiger charge is -2.24. The van der Waals surface area contributed by atoms with Crippen molar-refractivity contribution < 1.29 is 4.74 Å². The molecule has 1 aromatic heterocycles. The van der Waals surface area contributed by atoms with Gasteiger partial charge in [-0.2, -0.15) is 0 Å². The molecule has 0 amide bonds. The molecule has 2 heterocycles. The molecule has 0 unspecified atom stereocenters. The summed E-state index contributed by atoms with van der Waals surface area (Å²) in [5.74, 6) is 0.970. The van der Waals surface area contributed by atoms with Crippen molar-refractivity contribution in [3.05, 3.63) is 65.4 Å². The molecular formula is C21H24N2O. The minimum atomic E-state index is 0.707. The summed E-state index contributed by atoms with van der Waals surface area (Å²) < 4.78 is 8.24. The largest absolute Gasteiger partial charge is 0.494 e. The van der Waals surface area contributed by atoms with Crippen LogP contribution in [0.4, 0.5) is 0 Å². The van der Waals surface area contributed by atoms with Crippen LogP contribution in [0.5, 0.6) is 5.75 Å². The van der Waals surface area contributed by atoms with E-state index in [0.717, 1.165) is 31.8 Å². The van der Waals surface area contributed by atoms with E-state index in [1.165, 1.54) is 27.7 Å². The first-order chi connectivity index (χ1) is 11.8. The maximum absolute atomic E-state index is 5.74. The number of fused-ring (bicyclic) bond motifs is 3. The van der Waals surface area contributed by atoms with E-state index in [4.69, 9.17) is 4.74 Å². The third kappa shape index (κ3) is 2.69. The lowest BCUT2D eigenvalue weighted by atomic mass is 10.0. The number of benzene rings is 2. The SMILES string of the molecule is CCOc1ccc2c(c1)c1c(n2Cc2ccccc2)CCN(C)C1. The molecule has 4 rings (SSSR count). The molecule has 0 aliphatic carbocycles. The van der Waals surface area contributed by atoms with Crippen molar-refractivity contribution in [3.63, 3.8) is 0 Å². The van der Waals surface area contributed by atoms with Gasteiger partial charge in [0.2, 0.25) is 0 Å². The molecule has 0 fully saturated rings. The van der Waals surface area contributed by atoms with Crippen molar-refractivity contribution in [2.75, 3.05) is 20.2 Å². The molecule has 3 nitrogen and oxygen atoms in total. The molecule has 0 spiro atoms. The zero-order valence-electron chi connectivity index (χ0n) is 14.5. The first kappa shape index (κ1) is 15.3. The summed E-state index contributed by atoms with van der Waals surface area (Å²) in [5.41, 5.74) is 5.63. The van der Waals surface area contributed by atoms with Gasteiger partial charge in [0.15, 0.2) is 0 Å². The van der Waals surface area contributed by atoms with Crippen LogP contribution in [0.1, 0.15) is 23.7 Å². The minimum absolute atomic E-state index is 0.707. The Hall–Kier alpha value is -2.26. The van der Waals surface area contributed by atoms with E-state index >= 15 is 0 Å². The highest BCUT2D eigenvalue weighted by Crippen LogP contribution is 2.33. The standard InChI is InChI=1S/C21H24N2O/c1-3-24-17-9-10-20-18(13-17)19-15-22(2)12-11-21(19)23(20)14-16-7-5-4-6-8-16/h4-10,13H,3,11-12,14-15H2,1-2H3. The molecule has 0 radical (unpaired) electrons. The van der Waals surface area contributed by atoms with E-state index < -0.39 is 0 Å². The lowest BCUT2D eigenvalue weighted by molar-refractivity contribution is 0.310. The number of hydrogen-bond acceptors (Lipinski definition) is 2. The average molecular weight is 320 g/mol. The Morgan fingerprint density at radius 3 is 2.71 bits per heavy atom. The Morgan fingerprint density at radius 2 is 1.92 bits per heavy atom. The van der Waals surface area contributed by atoms with Crippen molar-refractivity contribution in [2.24, 2.45) is 0 Å². The Morgan fingerprint density at radius 1 is 1.08 bits per heavy atom. The van der Waals surface area contributed by atoms with E-state index in [1.807, 2.05) is 6.92 Å². The lowest BCUT2D eigenvalue weighted by Crippen LogP contribution is -2.27. The van der Waals surface area contributed by atoms with Gasteiger partial charge in [-0.3, -0.25) is 0 Å². The van der Waals surface area contributed by atoms with Gasteiger partial charge in [0, 0.05) is 42.7 Å². The quantitative estimate of drug-likeness (QED) is 0.721. The maximum Gasteiger partial charge on any atom is 0.120 e. The van der Waals surface area contributed by atoms with Gasteiger partial charge in [-0.05, 0) is 43.3 Å². The van der Waals surface area contributed by atoms with Gasteiger partial charge in [-0.15, -0.1) is 0 Å². The number of aromatic nitrogens is 1. The summed E-state index contributed by atoms with van der Waals surface area (Å²) in [6.07, 6.45) is 1.11. The molecule has 0 saturated carbocycles. The number of ether oxygens (including phenoxy) is 1. The van der Waals surface area contributed by atoms with E-state index in [-0.39, 0.29) is 0 Å². The summed E-state index contributed by atoms with van der Waals surface area (Å²) in [6, 6.07) is 17.3. The molecule has 0 saturated heterocycles. The fraction of sp³-hybridized carbons (Fsp3) is 0.333. The van der Waals surface area contributed by atoms with Gasteiger partial charge in [0.25, 0.3) is 0 Å². The Kier molecular flexibility index (Phi) is 4.03. The van der Waals surface area contributed by atoms with E-state index in [2.05, 4.69) is 65.0 Å². The van der Waals surface area contributed by atoms with Gasteiger partial charge in [-0.25, -0.2) is 0 Å². The summed E-state index contributed by atoms with van der Waals surface area (Å²) >= 11 is 0.